The van der Waals surface area contributed by atoms with Crippen LogP contribution in [-0.2, 0) is 56.8 Å². The zero-order valence-corrected chi connectivity index (χ0v) is 31.0. The van der Waals surface area contributed by atoms with Gasteiger partial charge in [-0.3, -0.25) is 0 Å². The van der Waals surface area contributed by atoms with Crippen LogP contribution in [0.5, 0.6) is 0 Å². The molecule has 0 unspecified atom stereocenters. The third-order valence-electron chi connectivity index (χ3n) is 6.05. The fourth-order valence-electron chi connectivity index (χ4n) is 3.53. The van der Waals surface area contributed by atoms with Crippen molar-refractivity contribution >= 4 is 0 Å². The Morgan fingerprint density at radius 2 is 0.529 bits per heavy atom. The smallest absolute Gasteiger partial charge is 0.104 e. The van der Waals surface area contributed by atoms with Crippen LogP contribution >= 0.6 is 0 Å². The van der Waals surface area contributed by atoms with Crippen LogP contribution in [-0.4, -0.2) is 212 Å². The maximum absolute atomic E-state index is 8.62. The van der Waals surface area contributed by atoms with E-state index >= 15 is 0 Å². The Bertz CT molecular complexity index is 576. The first-order valence-corrected chi connectivity index (χ1v) is 18.1. The van der Waals surface area contributed by atoms with Crippen LogP contribution in [0, 0.1) is 0 Å². The van der Waals surface area contributed by atoms with Gasteiger partial charge in [0.25, 0.3) is 0 Å². The molecule has 0 aliphatic rings. The number of aliphatic hydroxyl groups excluding tert-OH is 3. The minimum absolute atomic E-state index is 0.00817. The van der Waals surface area contributed by atoms with Crippen molar-refractivity contribution in [3.63, 3.8) is 0 Å². The van der Waals surface area contributed by atoms with Gasteiger partial charge in [-0.2, -0.15) is 0 Å². The van der Waals surface area contributed by atoms with Crippen LogP contribution in [0.25, 0.3) is 0 Å². The minimum Gasteiger partial charge on any atom is -0.394 e. The fourth-order valence-corrected chi connectivity index (χ4v) is 3.53. The molecule has 0 aromatic heterocycles. The largest absolute Gasteiger partial charge is 0.394 e. The average molecular weight is 752 g/mol. The van der Waals surface area contributed by atoms with Gasteiger partial charge in [-0.1, -0.05) is 0 Å². The van der Waals surface area contributed by atoms with E-state index in [9.17, 15) is 0 Å². The topological polar surface area (TPSA) is 250 Å². The summed E-state index contributed by atoms with van der Waals surface area (Å²) < 4.78 is 65.1. The highest BCUT2D eigenvalue weighted by molar-refractivity contribution is 4.57. The SMILES string of the molecule is NCCCOCCOCC(COCCOCCCN)OCCOCCCN.OCCOCCOCC(COCCOCCO)OCCOCCO. The van der Waals surface area contributed by atoms with Crippen molar-refractivity contribution in [2.75, 3.05) is 185 Å². The lowest BCUT2D eigenvalue weighted by Crippen LogP contribution is -2.29. The summed E-state index contributed by atoms with van der Waals surface area (Å²) in [5, 5.41) is 25.8. The molecule has 0 fully saturated rings. The highest BCUT2D eigenvalue weighted by Crippen LogP contribution is 1.99. The lowest BCUT2D eigenvalue weighted by molar-refractivity contribution is -0.0850. The number of aliphatic hydroxyl groups is 3. The molecule has 0 spiro atoms. The van der Waals surface area contributed by atoms with Gasteiger partial charge in [0.1, 0.15) is 12.2 Å². The van der Waals surface area contributed by atoms with Gasteiger partial charge in [0.2, 0.25) is 0 Å². The van der Waals surface area contributed by atoms with Crippen molar-refractivity contribution in [1.82, 2.24) is 0 Å². The van der Waals surface area contributed by atoms with Gasteiger partial charge in [-0.05, 0) is 38.9 Å². The van der Waals surface area contributed by atoms with E-state index in [-0.39, 0.29) is 38.6 Å². The molecule has 0 rings (SSSR count). The van der Waals surface area contributed by atoms with Crippen molar-refractivity contribution < 1.29 is 72.2 Å². The Balaban J connectivity index is 0. The summed E-state index contributed by atoms with van der Waals surface area (Å²) in [5.74, 6) is 0. The van der Waals surface area contributed by atoms with Crippen molar-refractivity contribution in [3.8, 4) is 0 Å². The molecule has 9 N–H and O–H groups in total. The normalized spacial score (nSPS) is 11.5. The van der Waals surface area contributed by atoms with Gasteiger partial charge < -0.3 is 89.4 Å². The molecule has 0 heterocycles. The molecule has 18 nitrogen and oxygen atoms in total. The molecule has 0 saturated carbocycles. The first-order valence-electron chi connectivity index (χ1n) is 18.1. The monoisotopic (exact) mass is 752 g/mol. The third-order valence-corrected chi connectivity index (χ3v) is 6.05. The van der Waals surface area contributed by atoms with E-state index < -0.39 is 0 Å². The van der Waals surface area contributed by atoms with Gasteiger partial charge in [-0.15, -0.1) is 0 Å². The molecule has 0 aliphatic heterocycles. The summed E-state index contributed by atoms with van der Waals surface area (Å²) in [6.07, 6.45) is 2.16. The van der Waals surface area contributed by atoms with E-state index in [4.69, 9.17) is 89.4 Å². The van der Waals surface area contributed by atoms with E-state index in [0.717, 1.165) is 19.3 Å². The van der Waals surface area contributed by atoms with E-state index in [2.05, 4.69) is 0 Å². The van der Waals surface area contributed by atoms with E-state index in [1.54, 1.807) is 0 Å². The molecule has 0 atom stereocenters. The summed E-state index contributed by atoms with van der Waals surface area (Å²) in [5.41, 5.74) is 16.3. The van der Waals surface area contributed by atoms with Gasteiger partial charge in [0.05, 0.1) is 145 Å². The van der Waals surface area contributed by atoms with Crippen molar-refractivity contribution in [2.24, 2.45) is 17.2 Å². The molecule has 310 valence electrons. The molecule has 0 amide bonds. The van der Waals surface area contributed by atoms with Gasteiger partial charge in [0.15, 0.2) is 0 Å². The quantitative estimate of drug-likeness (QED) is 0.0366. The maximum Gasteiger partial charge on any atom is 0.104 e. The minimum atomic E-state index is -0.251. The zero-order valence-electron chi connectivity index (χ0n) is 31.0. The van der Waals surface area contributed by atoms with Gasteiger partial charge in [0, 0.05) is 19.8 Å². The Labute approximate surface area is 305 Å². The Morgan fingerprint density at radius 1 is 0.294 bits per heavy atom. The van der Waals surface area contributed by atoms with Crippen molar-refractivity contribution in [2.45, 2.75) is 31.5 Å². The molecule has 0 aromatic carbocycles. The Kier molecular flexibility index (Phi) is 50.6. The zero-order chi connectivity index (χ0) is 37.6. The van der Waals surface area contributed by atoms with Crippen molar-refractivity contribution in [1.29, 1.82) is 0 Å². The van der Waals surface area contributed by atoms with E-state index in [1.165, 1.54) is 0 Å². The van der Waals surface area contributed by atoms with Crippen LogP contribution < -0.4 is 17.2 Å². The fraction of sp³-hybridized carbons (Fsp3) is 1.00. The van der Waals surface area contributed by atoms with Crippen LogP contribution in [0.15, 0.2) is 0 Å². The van der Waals surface area contributed by atoms with Crippen LogP contribution in [0.2, 0.25) is 0 Å². The van der Waals surface area contributed by atoms with E-state index in [0.29, 0.717) is 158 Å². The molecule has 0 aliphatic carbocycles. The number of nitrogens with two attached hydrogens (primary N) is 3. The average Bonchev–Trinajstić information content (AvgIpc) is 3.14. The standard InChI is InChI=1S/C18H41N3O6.C15H32O9/c19-4-1-7-22-10-12-25-16-18(27-15-14-24-9-3-6-21)17-26-13-11-23-8-2-5-20;16-1-4-19-7-9-22-13-15(24-12-11-21-6-3-18)14-23-10-8-20-5-2-17/h18H,1-17,19-21H2;15-18H,1-14H2. The predicted octanol–water partition coefficient (Wildman–Crippen LogP) is -2.07. The molecule has 0 bridgehead atoms. The number of hydrogen-bond acceptors (Lipinski definition) is 18. The lowest BCUT2D eigenvalue weighted by Gasteiger charge is -2.18. The summed E-state index contributed by atoms with van der Waals surface area (Å²) >= 11 is 0. The van der Waals surface area contributed by atoms with Gasteiger partial charge in [-0.25, -0.2) is 0 Å². The lowest BCUT2D eigenvalue weighted by atomic mass is 10.4. The summed E-state index contributed by atoms with van der Waals surface area (Å²) in [4.78, 5) is 0. The second-order valence-corrected chi connectivity index (χ2v) is 10.6. The first-order chi connectivity index (χ1) is 25.2. The van der Waals surface area contributed by atoms with Crippen LogP contribution in [0.3, 0.4) is 0 Å². The van der Waals surface area contributed by atoms with Crippen molar-refractivity contribution in [3.05, 3.63) is 0 Å². The summed E-state index contributed by atoms with van der Waals surface area (Å²) in [6.45, 7) is 11.8. The predicted molar refractivity (Wildman–Crippen MR) is 190 cm³/mol. The molecular formula is C33H73N3O15. The first kappa shape index (κ1) is 52.4. The maximum atomic E-state index is 8.62. The second kappa shape index (κ2) is 49.3. The highest BCUT2D eigenvalue weighted by atomic mass is 16.6. The summed E-state index contributed by atoms with van der Waals surface area (Å²) in [6, 6.07) is 0. The van der Waals surface area contributed by atoms with E-state index in [1.807, 2.05) is 0 Å². The van der Waals surface area contributed by atoms with Crippen LogP contribution in [0.4, 0.5) is 0 Å². The number of rotatable bonds is 43. The summed E-state index contributed by atoms with van der Waals surface area (Å²) in [7, 11) is 0. The molecule has 0 aromatic rings. The molecule has 0 saturated heterocycles. The Morgan fingerprint density at radius 3 is 0.784 bits per heavy atom. The molecule has 0 radical (unpaired) electrons. The number of hydrogen-bond donors (Lipinski definition) is 6. The number of ether oxygens (including phenoxy) is 12. The second-order valence-electron chi connectivity index (χ2n) is 10.6. The molecular weight excluding hydrogens is 678 g/mol. The molecule has 51 heavy (non-hydrogen) atoms. The third kappa shape index (κ3) is 47.3. The Hall–Kier alpha value is -0.720. The van der Waals surface area contributed by atoms with Crippen LogP contribution in [0.1, 0.15) is 19.3 Å². The van der Waals surface area contributed by atoms with Gasteiger partial charge >= 0.3 is 0 Å². The highest BCUT2D eigenvalue weighted by Gasteiger charge is 2.11. The molecule has 18 heteroatoms.